The van der Waals surface area contributed by atoms with E-state index in [1.165, 1.54) is 19.3 Å². The van der Waals surface area contributed by atoms with Crippen molar-refractivity contribution < 1.29 is 19.5 Å². The zero-order valence-corrected chi connectivity index (χ0v) is 26.0. The molecular weight excluding hydrogens is 502 g/mol. The van der Waals surface area contributed by atoms with E-state index in [1.807, 2.05) is 45.9 Å². The number of carbonyl (C=O) groups is 3. The van der Waals surface area contributed by atoms with Crippen LogP contribution in [0.4, 0.5) is 0 Å². The van der Waals surface area contributed by atoms with E-state index in [1.54, 1.807) is 13.8 Å². The molecule has 1 fully saturated rings. The largest absolute Gasteiger partial charge is 0.481 e. The van der Waals surface area contributed by atoms with Crippen LogP contribution in [0.1, 0.15) is 119 Å². The third kappa shape index (κ3) is 7.76. The molecule has 220 valence electrons. The Hall–Kier alpha value is -3.09. The first-order valence-corrected chi connectivity index (χ1v) is 14.6. The standard InChI is InChI=1S/C33H49N3O4/c1-21-26(29(38)34-20-33(8,9)30(39)40)18-27(36(21)19-22-13-11-10-12-14-22)23-15-24(28(37)35-32(5,6)7)17-25(16-23)31(2,3)4/h15-18,22H,10-14,19-20H2,1-9H3,(H,34,38)(H,35,37)(H,39,40). The molecule has 7 heteroatoms. The predicted molar refractivity (Wildman–Crippen MR) is 161 cm³/mol. The zero-order valence-electron chi connectivity index (χ0n) is 26.0. The number of aromatic nitrogens is 1. The molecule has 0 atom stereocenters. The van der Waals surface area contributed by atoms with E-state index in [0.29, 0.717) is 17.0 Å². The van der Waals surface area contributed by atoms with Crippen LogP contribution in [0.15, 0.2) is 24.3 Å². The number of nitrogens with zero attached hydrogens (tertiary/aromatic N) is 1. The van der Waals surface area contributed by atoms with Crippen molar-refractivity contribution in [3.8, 4) is 11.3 Å². The molecule has 3 N–H and O–H groups in total. The predicted octanol–water partition coefficient (Wildman–Crippen LogP) is 6.71. The van der Waals surface area contributed by atoms with E-state index in [4.69, 9.17) is 0 Å². The highest BCUT2D eigenvalue weighted by molar-refractivity contribution is 5.98. The minimum atomic E-state index is -1.08. The smallest absolute Gasteiger partial charge is 0.310 e. The number of carboxylic acid groups (broad SMARTS) is 1. The van der Waals surface area contributed by atoms with Crippen molar-refractivity contribution in [3.63, 3.8) is 0 Å². The quantitative estimate of drug-likeness (QED) is 0.339. The topological polar surface area (TPSA) is 100 Å². The number of nitrogens with one attached hydrogen (secondary N) is 2. The first-order chi connectivity index (χ1) is 18.4. The maximum atomic E-state index is 13.4. The molecule has 0 aliphatic heterocycles. The Morgan fingerprint density at radius 2 is 1.52 bits per heavy atom. The molecule has 0 saturated heterocycles. The molecule has 1 heterocycles. The summed E-state index contributed by atoms with van der Waals surface area (Å²) in [6.45, 7) is 18.3. The molecule has 1 aromatic heterocycles. The van der Waals surface area contributed by atoms with Crippen molar-refractivity contribution in [1.82, 2.24) is 15.2 Å². The van der Waals surface area contributed by atoms with Crippen molar-refractivity contribution in [2.24, 2.45) is 11.3 Å². The second-order valence-electron chi connectivity index (χ2n) is 14.3. The lowest BCUT2D eigenvalue weighted by Gasteiger charge is -2.26. The van der Waals surface area contributed by atoms with Crippen LogP contribution in [-0.4, -0.2) is 39.5 Å². The van der Waals surface area contributed by atoms with Gasteiger partial charge in [0, 0.05) is 35.6 Å². The normalized spacial score (nSPS) is 15.1. The van der Waals surface area contributed by atoms with E-state index in [-0.39, 0.29) is 29.3 Å². The third-order valence-corrected chi connectivity index (χ3v) is 7.89. The fourth-order valence-electron chi connectivity index (χ4n) is 5.20. The Kier molecular flexibility index (Phi) is 9.27. The van der Waals surface area contributed by atoms with Crippen LogP contribution in [0.3, 0.4) is 0 Å². The van der Waals surface area contributed by atoms with E-state index in [2.05, 4.69) is 42.0 Å². The number of carbonyl (C=O) groups excluding carboxylic acids is 2. The molecule has 1 aromatic carbocycles. The molecule has 1 aliphatic carbocycles. The minimum Gasteiger partial charge on any atom is -0.481 e. The average Bonchev–Trinajstić information content (AvgIpc) is 3.17. The van der Waals surface area contributed by atoms with Gasteiger partial charge in [0.2, 0.25) is 0 Å². The van der Waals surface area contributed by atoms with Gasteiger partial charge in [0.05, 0.1) is 11.0 Å². The first-order valence-electron chi connectivity index (χ1n) is 14.6. The second-order valence-corrected chi connectivity index (χ2v) is 14.3. The lowest BCUT2D eigenvalue weighted by atomic mass is 9.84. The second kappa shape index (κ2) is 11.8. The number of amides is 2. The molecule has 0 bridgehead atoms. The number of hydrogen-bond acceptors (Lipinski definition) is 3. The van der Waals surface area contributed by atoms with E-state index in [0.717, 1.165) is 41.9 Å². The maximum absolute atomic E-state index is 13.4. The van der Waals surface area contributed by atoms with Crippen LogP contribution in [0.25, 0.3) is 11.3 Å². The van der Waals surface area contributed by atoms with Gasteiger partial charge in [-0.2, -0.15) is 0 Å². The van der Waals surface area contributed by atoms with Gasteiger partial charge in [0.15, 0.2) is 0 Å². The molecule has 2 amide bonds. The SMILES string of the molecule is Cc1c(C(=O)NCC(C)(C)C(=O)O)cc(-c2cc(C(=O)NC(C)(C)C)cc(C(C)(C)C)c2)n1CC1CCCCC1. The molecule has 1 aliphatic rings. The number of aliphatic carboxylic acids is 1. The molecule has 0 unspecified atom stereocenters. The molecule has 3 rings (SSSR count). The Morgan fingerprint density at radius 3 is 2.08 bits per heavy atom. The fraction of sp³-hybridized carbons (Fsp3) is 0.606. The average molecular weight is 552 g/mol. The van der Waals surface area contributed by atoms with E-state index in [9.17, 15) is 19.5 Å². The molecule has 0 radical (unpaired) electrons. The Bertz CT molecular complexity index is 1250. The van der Waals surface area contributed by atoms with Crippen LogP contribution in [0, 0.1) is 18.3 Å². The summed E-state index contributed by atoms with van der Waals surface area (Å²) in [5.41, 5.74) is 3.19. The van der Waals surface area contributed by atoms with Crippen molar-refractivity contribution in [1.29, 1.82) is 0 Å². The van der Waals surface area contributed by atoms with Gasteiger partial charge >= 0.3 is 5.97 Å². The summed E-state index contributed by atoms with van der Waals surface area (Å²) in [5.74, 6) is -0.848. The highest BCUT2D eigenvalue weighted by Crippen LogP contribution is 2.34. The number of benzene rings is 1. The van der Waals surface area contributed by atoms with Crippen molar-refractivity contribution in [2.75, 3.05) is 6.54 Å². The van der Waals surface area contributed by atoms with Gasteiger partial charge in [-0.3, -0.25) is 14.4 Å². The summed E-state index contributed by atoms with van der Waals surface area (Å²) in [6.07, 6.45) is 6.02. The number of rotatable bonds is 8. The van der Waals surface area contributed by atoms with Crippen molar-refractivity contribution in [2.45, 2.75) is 112 Å². The van der Waals surface area contributed by atoms with Gasteiger partial charge in [-0.1, -0.05) is 40.0 Å². The third-order valence-electron chi connectivity index (χ3n) is 7.89. The summed E-state index contributed by atoms with van der Waals surface area (Å²) in [6, 6.07) is 7.94. The van der Waals surface area contributed by atoms with E-state index < -0.39 is 11.4 Å². The molecule has 40 heavy (non-hydrogen) atoms. The van der Waals surface area contributed by atoms with Gasteiger partial charge in [-0.05, 0) is 101 Å². The van der Waals surface area contributed by atoms with Gasteiger partial charge < -0.3 is 20.3 Å². The van der Waals surface area contributed by atoms with Gasteiger partial charge in [0.25, 0.3) is 11.8 Å². The van der Waals surface area contributed by atoms with Crippen LogP contribution < -0.4 is 10.6 Å². The highest BCUT2D eigenvalue weighted by Gasteiger charge is 2.29. The monoisotopic (exact) mass is 551 g/mol. The first kappa shape index (κ1) is 31.4. The number of hydrogen-bond donors (Lipinski definition) is 3. The zero-order chi connectivity index (χ0) is 30.0. The summed E-state index contributed by atoms with van der Waals surface area (Å²) >= 11 is 0. The van der Waals surface area contributed by atoms with Crippen LogP contribution in [0.5, 0.6) is 0 Å². The lowest BCUT2D eigenvalue weighted by molar-refractivity contribution is -0.146. The van der Waals surface area contributed by atoms with Crippen LogP contribution in [-0.2, 0) is 16.8 Å². The Morgan fingerprint density at radius 1 is 0.900 bits per heavy atom. The molecule has 2 aromatic rings. The van der Waals surface area contributed by atoms with Gasteiger partial charge in [0.1, 0.15) is 0 Å². The number of carboxylic acids is 1. The van der Waals surface area contributed by atoms with E-state index >= 15 is 0 Å². The van der Waals surface area contributed by atoms with Gasteiger partial charge in [-0.15, -0.1) is 0 Å². The van der Waals surface area contributed by atoms with Crippen molar-refractivity contribution in [3.05, 3.63) is 46.6 Å². The molecular formula is C33H49N3O4. The minimum absolute atomic E-state index is 0.0282. The highest BCUT2D eigenvalue weighted by atomic mass is 16.4. The Balaban J connectivity index is 2.13. The fourth-order valence-corrected chi connectivity index (χ4v) is 5.20. The maximum Gasteiger partial charge on any atom is 0.310 e. The summed E-state index contributed by atoms with van der Waals surface area (Å²) in [5, 5.41) is 15.4. The lowest BCUT2D eigenvalue weighted by Crippen LogP contribution is -2.40. The molecule has 1 saturated carbocycles. The summed E-state index contributed by atoms with van der Waals surface area (Å²) < 4.78 is 2.24. The summed E-state index contributed by atoms with van der Waals surface area (Å²) in [7, 11) is 0. The van der Waals surface area contributed by atoms with Crippen LogP contribution in [0.2, 0.25) is 0 Å². The van der Waals surface area contributed by atoms with Crippen LogP contribution >= 0.6 is 0 Å². The van der Waals surface area contributed by atoms with Crippen molar-refractivity contribution >= 4 is 17.8 Å². The summed E-state index contributed by atoms with van der Waals surface area (Å²) in [4.78, 5) is 38.3. The molecule has 7 nitrogen and oxygen atoms in total. The van der Waals surface area contributed by atoms with Gasteiger partial charge in [-0.25, -0.2) is 0 Å². The molecule has 0 spiro atoms. The Labute approximate surface area is 240 Å².